The molecule has 0 atom stereocenters. The number of benzene rings is 4. The molecule has 160 valence electrons. The lowest BCUT2D eigenvalue weighted by atomic mass is 9.79. The van der Waals surface area contributed by atoms with Crippen molar-refractivity contribution in [2.45, 2.75) is 0 Å². The van der Waals surface area contributed by atoms with E-state index in [4.69, 9.17) is 14.9 Å². The van der Waals surface area contributed by atoms with Gasteiger partial charge in [-0.15, -0.1) is 12.4 Å². The second-order valence-corrected chi connectivity index (χ2v) is 6.86. The van der Waals surface area contributed by atoms with Crippen LogP contribution in [0, 0.1) is 0 Å². The Morgan fingerprint density at radius 3 is 1.25 bits per heavy atom. The first-order chi connectivity index (χ1) is 15.0. The molecular formula is C26H19ClO5. The van der Waals surface area contributed by atoms with Gasteiger partial charge in [0.2, 0.25) is 0 Å². The monoisotopic (exact) mass is 446 g/mol. The summed E-state index contributed by atoms with van der Waals surface area (Å²) in [5.41, 5.74) is 4.00. The van der Waals surface area contributed by atoms with Crippen LogP contribution in [0.1, 0.15) is 20.7 Å². The SMILES string of the molecule is Cl.O=C(O)c1ccc2c(c1)-c1ccc(C(=O)O)cc1-2.c1ccc(Oc2ccccc2)cc1. The standard InChI is InChI=1S/C14H8O4.C12H10O.ClH/c15-13(16)7-1-3-9-11(5-7)10-4-2-8(14(17)18)6-12(9)10;1-3-7-11(8-4-1)13-12-9-5-2-6-10-12;/h1-6H,(H,15,16)(H,17,18);1-10H;1H. The van der Waals surface area contributed by atoms with E-state index >= 15 is 0 Å². The summed E-state index contributed by atoms with van der Waals surface area (Å²) in [7, 11) is 0. The Balaban J connectivity index is 0.000000184. The highest BCUT2D eigenvalue weighted by Gasteiger charge is 2.24. The lowest BCUT2D eigenvalue weighted by Gasteiger charge is -2.24. The lowest BCUT2D eigenvalue weighted by molar-refractivity contribution is 0.0686. The minimum atomic E-state index is -0.964. The normalized spacial score (nSPS) is 10.1. The van der Waals surface area contributed by atoms with Crippen molar-refractivity contribution in [1.82, 2.24) is 0 Å². The molecule has 1 aliphatic rings. The third-order valence-electron chi connectivity index (χ3n) is 4.84. The van der Waals surface area contributed by atoms with Gasteiger partial charge in [-0.05, 0) is 70.8 Å². The molecule has 0 aromatic heterocycles. The molecule has 5 nitrogen and oxygen atoms in total. The van der Waals surface area contributed by atoms with Crippen molar-refractivity contribution < 1.29 is 24.5 Å². The molecule has 0 unspecified atom stereocenters. The summed E-state index contributed by atoms with van der Waals surface area (Å²) in [6.45, 7) is 0. The predicted octanol–water partition coefficient (Wildman–Crippen LogP) is 6.63. The van der Waals surface area contributed by atoms with Gasteiger partial charge in [-0.3, -0.25) is 0 Å². The summed E-state index contributed by atoms with van der Waals surface area (Å²) in [6, 6.07) is 29.2. The quantitative estimate of drug-likeness (QED) is 0.323. The molecule has 0 spiro atoms. The third-order valence-corrected chi connectivity index (χ3v) is 4.84. The number of para-hydroxylation sites is 2. The van der Waals surface area contributed by atoms with Gasteiger partial charge in [0.25, 0.3) is 0 Å². The number of carboxylic acid groups (broad SMARTS) is 2. The van der Waals surface area contributed by atoms with Crippen molar-refractivity contribution in [3.05, 3.63) is 108 Å². The van der Waals surface area contributed by atoms with E-state index in [1.165, 1.54) is 12.1 Å². The first kappa shape index (κ1) is 22.6. The van der Waals surface area contributed by atoms with Gasteiger partial charge in [-0.1, -0.05) is 48.5 Å². The highest BCUT2D eigenvalue weighted by Crippen LogP contribution is 2.47. The number of carbonyl (C=O) groups is 2. The number of rotatable bonds is 4. The van der Waals surface area contributed by atoms with Crippen molar-refractivity contribution in [2.24, 2.45) is 0 Å². The van der Waals surface area contributed by atoms with Gasteiger partial charge >= 0.3 is 11.9 Å². The molecule has 2 N–H and O–H groups in total. The van der Waals surface area contributed by atoms with Crippen LogP contribution in [0.25, 0.3) is 22.3 Å². The fourth-order valence-electron chi connectivity index (χ4n) is 3.32. The number of hydrogen-bond donors (Lipinski definition) is 2. The molecule has 0 bridgehead atoms. The summed E-state index contributed by atoms with van der Waals surface area (Å²) in [6.07, 6.45) is 0. The molecule has 0 fully saturated rings. The molecule has 0 radical (unpaired) electrons. The Hall–Kier alpha value is -4.09. The second-order valence-electron chi connectivity index (χ2n) is 6.86. The summed E-state index contributed by atoms with van der Waals surface area (Å²) < 4.78 is 5.58. The van der Waals surface area contributed by atoms with Crippen molar-refractivity contribution in [3.63, 3.8) is 0 Å². The van der Waals surface area contributed by atoms with E-state index in [1.807, 2.05) is 60.7 Å². The summed E-state index contributed by atoms with van der Waals surface area (Å²) in [5, 5.41) is 17.8. The predicted molar refractivity (Wildman–Crippen MR) is 125 cm³/mol. The minimum absolute atomic E-state index is 0. The zero-order chi connectivity index (χ0) is 21.8. The van der Waals surface area contributed by atoms with Gasteiger partial charge in [0.05, 0.1) is 11.1 Å². The summed E-state index contributed by atoms with van der Waals surface area (Å²) >= 11 is 0. The zero-order valence-electron chi connectivity index (χ0n) is 16.8. The van der Waals surface area contributed by atoms with Crippen LogP contribution in [0.5, 0.6) is 11.5 Å². The zero-order valence-corrected chi connectivity index (χ0v) is 17.6. The molecular weight excluding hydrogens is 428 g/mol. The first-order valence-corrected chi connectivity index (χ1v) is 9.56. The highest BCUT2D eigenvalue weighted by atomic mass is 35.5. The number of carboxylic acids is 2. The molecule has 4 aromatic carbocycles. The van der Waals surface area contributed by atoms with Gasteiger partial charge in [0.15, 0.2) is 0 Å². The van der Waals surface area contributed by atoms with Crippen LogP contribution in [-0.4, -0.2) is 22.2 Å². The fraction of sp³-hybridized carbons (Fsp3) is 0. The average molecular weight is 447 g/mol. The van der Waals surface area contributed by atoms with Gasteiger partial charge in [0.1, 0.15) is 11.5 Å². The number of halogens is 1. The van der Waals surface area contributed by atoms with Crippen LogP contribution in [0.2, 0.25) is 0 Å². The lowest BCUT2D eigenvalue weighted by Crippen LogP contribution is -2.05. The number of aromatic carboxylic acids is 2. The van der Waals surface area contributed by atoms with Gasteiger partial charge in [0, 0.05) is 0 Å². The van der Waals surface area contributed by atoms with E-state index in [2.05, 4.69) is 0 Å². The van der Waals surface area contributed by atoms with Crippen LogP contribution in [0.15, 0.2) is 97.1 Å². The van der Waals surface area contributed by atoms with Crippen LogP contribution in [-0.2, 0) is 0 Å². The van der Waals surface area contributed by atoms with Crippen molar-refractivity contribution in [1.29, 1.82) is 0 Å². The molecule has 5 rings (SSSR count). The van der Waals surface area contributed by atoms with Gasteiger partial charge in [-0.25, -0.2) is 9.59 Å². The smallest absolute Gasteiger partial charge is 0.335 e. The average Bonchev–Trinajstić information content (AvgIpc) is 2.78. The third kappa shape index (κ3) is 4.79. The molecule has 0 amide bonds. The molecule has 0 heterocycles. The topological polar surface area (TPSA) is 83.8 Å². The van der Waals surface area contributed by atoms with E-state index in [0.717, 1.165) is 33.8 Å². The molecule has 1 aliphatic carbocycles. The Morgan fingerprint density at radius 1 is 0.531 bits per heavy atom. The maximum atomic E-state index is 10.9. The Kier molecular flexibility index (Phi) is 6.93. The Labute approximate surface area is 191 Å². The Bertz CT molecular complexity index is 1140. The van der Waals surface area contributed by atoms with E-state index in [9.17, 15) is 9.59 Å². The fourth-order valence-corrected chi connectivity index (χ4v) is 3.32. The summed E-state index contributed by atoms with van der Waals surface area (Å²) in [4.78, 5) is 21.7. The maximum Gasteiger partial charge on any atom is 0.335 e. The van der Waals surface area contributed by atoms with Crippen LogP contribution in [0.3, 0.4) is 0 Å². The van der Waals surface area contributed by atoms with E-state index < -0.39 is 11.9 Å². The molecule has 0 saturated carbocycles. The maximum absolute atomic E-state index is 10.9. The van der Waals surface area contributed by atoms with Crippen LogP contribution in [0.4, 0.5) is 0 Å². The minimum Gasteiger partial charge on any atom is -0.478 e. The van der Waals surface area contributed by atoms with Crippen LogP contribution < -0.4 is 4.74 Å². The van der Waals surface area contributed by atoms with Gasteiger partial charge < -0.3 is 14.9 Å². The highest BCUT2D eigenvalue weighted by molar-refractivity contribution is 6.06. The van der Waals surface area contributed by atoms with Crippen LogP contribution >= 0.6 is 12.4 Å². The van der Waals surface area contributed by atoms with Crippen molar-refractivity contribution in [2.75, 3.05) is 0 Å². The van der Waals surface area contributed by atoms with E-state index in [0.29, 0.717) is 0 Å². The molecule has 0 saturated heterocycles. The molecule has 32 heavy (non-hydrogen) atoms. The summed E-state index contributed by atoms with van der Waals surface area (Å²) in [5.74, 6) is -0.191. The number of fused-ring (bicyclic) bond motifs is 4. The largest absolute Gasteiger partial charge is 0.478 e. The van der Waals surface area contributed by atoms with Crippen molar-refractivity contribution >= 4 is 24.3 Å². The van der Waals surface area contributed by atoms with E-state index in [-0.39, 0.29) is 23.5 Å². The molecule has 0 aliphatic heterocycles. The second kappa shape index (κ2) is 9.81. The van der Waals surface area contributed by atoms with Gasteiger partial charge in [-0.2, -0.15) is 0 Å². The molecule has 4 aromatic rings. The van der Waals surface area contributed by atoms with E-state index in [1.54, 1.807) is 24.3 Å². The Morgan fingerprint density at radius 2 is 0.906 bits per heavy atom. The van der Waals surface area contributed by atoms with Crippen molar-refractivity contribution in [3.8, 4) is 33.8 Å². The first-order valence-electron chi connectivity index (χ1n) is 9.56. The number of ether oxygens (including phenoxy) is 1. The molecule has 6 heteroatoms. The number of hydrogen-bond acceptors (Lipinski definition) is 3.